The number of terminal acetylenes is 1. The topological polar surface area (TPSA) is 0 Å². The average molecular weight is 300 g/mol. The predicted molar refractivity (Wildman–Crippen MR) is 101 cm³/mol. The zero-order chi connectivity index (χ0) is 16.5. The van der Waals surface area contributed by atoms with E-state index >= 15 is 0 Å². The van der Waals surface area contributed by atoms with E-state index in [1.807, 2.05) is 0 Å². The van der Waals surface area contributed by atoms with Crippen molar-refractivity contribution < 1.29 is 0 Å². The Morgan fingerprint density at radius 3 is 2.35 bits per heavy atom. The van der Waals surface area contributed by atoms with Crippen molar-refractivity contribution in [2.24, 2.45) is 5.92 Å². The molecule has 0 saturated carbocycles. The Labute approximate surface area is 140 Å². The highest BCUT2D eigenvalue weighted by atomic mass is 14.1. The SMILES string of the molecule is C#CC1C=CC(C)=CC1.CCc1ccccc1-c1ccccc1. The zero-order valence-corrected chi connectivity index (χ0v) is 14.0. The second kappa shape index (κ2) is 8.81. The fourth-order valence-electron chi connectivity index (χ4n) is 2.58. The van der Waals surface area contributed by atoms with Crippen molar-refractivity contribution in [1.82, 2.24) is 0 Å². The Morgan fingerprint density at radius 2 is 1.74 bits per heavy atom. The first-order valence-electron chi connectivity index (χ1n) is 8.19. The molecule has 23 heavy (non-hydrogen) atoms. The van der Waals surface area contributed by atoms with Gasteiger partial charge in [-0.3, -0.25) is 0 Å². The number of hydrogen-bond donors (Lipinski definition) is 0. The maximum Gasteiger partial charge on any atom is 0.0417 e. The zero-order valence-electron chi connectivity index (χ0n) is 14.0. The molecule has 0 radical (unpaired) electrons. The van der Waals surface area contributed by atoms with E-state index in [0.29, 0.717) is 5.92 Å². The molecule has 2 aromatic rings. The average Bonchev–Trinajstić information content (AvgIpc) is 2.63. The summed E-state index contributed by atoms with van der Waals surface area (Å²) in [4.78, 5) is 0. The molecule has 3 rings (SSSR count). The van der Waals surface area contributed by atoms with Gasteiger partial charge in [0.15, 0.2) is 0 Å². The summed E-state index contributed by atoms with van der Waals surface area (Å²) in [5.41, 5.74) is 5.40. The summed E-state index contributed by atoms with van der Waals surface area (Å²) < 4.78 is 0. The van der Waals surface area contributed by atoms with Crippen LogP contribution in [0.2, 0.25) is 0 Å². The van der Waals surface area contributed by atoms with E-state index in [1.54, 1.807) is 0 Å². The second-order valence-corrected chi connectivity index (χ2v) is 5.69. The van der Waals surface area contributed by atoms with Crippen LogP contribution in [0, 0.1) is 18.3 Å². The number of hydrogen-bond acceptors (Lipinski definition) is 0. The summed E-state index contributed by atoms with van der Waals surface area (Å²) in [6, 6.07) is 19.1. The third-order valence-electron chi connectivity index (χ3n) is 3.98. The molecule has 1 aliphatic carbocycles. The largest absolute Gasteiger partial charge is 0.119 e. The third kappa shape index (κ3) is 5.01. The quantitative estimate of drug-likeness (QED) is 0.591. The first kappa shape index (κ1) is 16.8. The second-order valence-electron chi connectivity index (χ2n) is 5.69. The van der Waals surface area contributed by atoms with Crippen LogP contribution in [-0.4, -0.2) is 0 Å². The molecule has 0 heteroatoms. The van der Waals surface area contributed by atoms with Crippen LogP contribution < -0.4 is 0 Å². The van der Waals surface area contributed by atoms with Gasteiger partial charge in [0.05, 0.1) is 0 Å². The van der Waals surface area contributed by atoms with Crippen LogP contribution in [0.15, 0.2) is 78.4 Å². The molecule has 0 amide bonds. The van der Waals surface area contributed by atoms with Crippen molar-refractivity contribution in [1.29, 1.82) is 0 Å². The van der Waals surface area contributed by atoms with E-state index < -0.39 is 0 Å². The van der Waals surface area contributed by atoms with E-state index in [2.05, 4.69) is 92.6 Å². The first-order valence-corrected chi connectivity index (χ1v) is 8.19. The van der Waals surface area contributed by atoms with Gasteiger partial charge < -0.3 is 0 Å². The van der Waals surface area contributed by atoms with Gasteiger partial charge in [-0.15, -0.1) is 6.42 Å². The predicted octanol–water partition coefficient (Wildman–Crippen LogP) is 6.06. The van der Waals surface area contributed by atoms with Gasteiger partial charge in [0, 0.05) is 5.92 Å². The molecular formula is C23H24. The molecule has 0 aliphatic heterocycles. The van der Waals surface area contributed by atoms with Gasteiger partial charge in [-0.2, -0.15) is 0 Å². The maximum absolute atomic E-state index is 5.22. The molecule has 1 unspecified atom stereocenters. The summed E-state index contributed by atoms with van der Waals surface area (Å²) in [6.07, 6.45) is 13.6. The molecule has 0 fully saturated rings. The number of benzene rings is 2. The lowest BCUT2D eigenvalue weighted by atomic mass is 9.98. The van der Waals surface area contributed by atoms with Gasteiger partial charge in [-0.1, -0.05) is 91.2 Å². The molecule has 0 saturated heterocycles. The third-order valence-corrected chi connectivity index (χ3v) is 3.98. The molecule has 1 atom stereocenters. The Bertz CT molecular complexity index is 711. The molecule has 2 aromatic carbocycles. The first-order chi connectivity index (χ1) is 11.2. The molecule has 0 nitrogen and oxygen atoms in total. The van der Waals surface area contributed by atoms with Crippen LogP contribution >= 0.6 is 0 Å². The standard InChI is InChI=1S/C14H14.C9H10/c1-2-12-8-6-7-11-14(12)13-9-4-3-5-10-13;1-3-9-6-4-8(2)5-7-9/h3-11H,2H2,1H3;1,4-6,9H,7H2,2H3. The van der Waals surface area contributed by atoms with Crippen molar-refractivity contribution >= 4 is 0 Å². The minimum Gasteiger partial charge on any atom is -0.119 e. The Hall–Kier alpha value is -2.52. The normalized spacial score (nSPS) is 15.9. The fourth-order valence-corrected chi connectivity index (χ4v) is 2.58. The molecule has 116 valence electrons. The minimum absolute atomic E-state index is 0.341. The van der Waals surface area contributed by atoms with Crippen LogP contribution in [-0.2, 0) is 6.42 Å². The van der Waals surface area contributed by atoms with E-state index in [1.165, 1.54) is 22.3 Å². The van der Waals surface area contributed by atoms with Gasteiger partial charge in [0.1, 0.15) is 0 Å². The lowest BCUT2D eigenvalue weighted by Gasteiger charge is -2.06. The van der Waals surface area contributed by atoms with E-state index in [0.717, 1.165) is 12.8 Å². The van der Waals surface area contributed by atoms with Crippen LogP contribution in [0.4, 0.5) is 0 Å². The Morgan fingerprint density at radius 1 is 1.04 bits per heavy atom. The van der Waals surface area contributed by atoms with Crippen LogP contribution in [0.1, 0.15) is 25.8 Å². The van der Waals surface area contributed by atoms with Gasteiger partial charge >= 0.3 is 0 Å². The molecule has 1 aliphatic rings. The van der Waals surface area contributed by atoms with Gasteiger partial charge in [0.25, 0.3) is 0 Å². The van der Waals surface area contributed by atoms with Gasteiger partial charge in [-0.25, -0.2) is 0 Å². The van der Waals surface area contributed by atoms with Crippen LogP contribution in [0.5, 0.6) is 0 Å². The highest BCUT2D eigenvalue weighted by molar-refractivity contribution is 5.67. The van der Waals surface area contributed by atoms with Gasteiger partial charge in [-0.05, 0) is 36.5 Å². The number of rotatable bonds is 2. The Kier molecular flexibility index (Phi) is 6.45. The summed E-state index contributed by atoms with van der Waals surface area (Å²) >= 11 is 0. The van der Waals surface area contributed by atoms with Crippen molar-refractivity contribution in [3.63, 3.8) is 0 Å². The molecule has 0 bridgehead atoms. The van der Waals surface area contributed by atoms with E-state index in [-0.39, 0.29) is 0 Å². The summed E-state index contributed by atoms with van der Waals surface area (Å²) in [7, 11) is 0. The lowest BCUT2D eigenvalue weighted by molar-refractivity contribution is 0.844. The van der Waals surface area contributed by atoms with Crippen molar-refractivity contribution in [2.45, 2.75) is 26.7 Å². The van der Waals surface area contributed by atoms with Crippen LogP contribution in [0.3, 0.4) is 0 Å². The van der Waals surface area contributed by atoms with Crippen molar-refractivity contribution in [3.8, 4) is 23.5 Å². The molecular weight excluding hydrogens is 276 g/mol. The minimum atomic E-state index is 0.341. The summed E-state index contributed by atoms with van der Waals surface area (Å²) in [5.74, 6) is 3.03. The van der Waals surface area contributed by atoms with Crippen molar-refractivity contribution in [3.05, 3.63) is 84.0 Å². The maximum atomic E-state index is 5.22. The molecule has 0 aromatic heterocycles. The lowest BCUT2D eigenvalue weighted by Crippen LogP contribution is -1.93. The van der Waals surface area contributed by atoms with Gasteiger partial charge in [0.2, 0.25) is 0 Å². The van der Waals surface area contributed by atoms with Crippen LogP contribution in [0.25, 0.3) is 11.1 Å². The van der Waals surface area contributed by atoms with E-state index in [4.69, 9.17) is 6.42 Å². The summed E-state index contributed by atoms with van der Waals surface area (Å²) in [6.45, 7) is 4.28. The fraction of sp³-hybridized carbons (Fsp3) is 0.217. The monoisotopic (exact) mass is 300 g/mol. The summed E-state index contributed by atoms with van der Waals surface area (Å²) in [5, 5.41) is 0. The smallest absolute Gasteiger partial charge is 0.0417 e. The van der Waals surface area contributed by atoms with E-state index in [9.17, 15) is 0 Å². The Balaban J connectivity index is 0.000000185. The molecule has 0 spiro atoms. The highest BCUT2D eigenvalue weighted by Crippen LogP contribution is 2.23. The highest BCUT2D eigenvalue weighted by Gasteiger charge is 2.01. The van der Waals surface area contributed by atoms with Crippen molar-refractivity contribution in [2.75, 3.05) is 0 Å². The number of aryl methyl sites for hydroxylation is 1. The molecule has 0 heterocycles. The number of allylic oxidation sites excluding steroid dienone is 4. The molecule has 0 N–H and O–H groups in total.